The Kier molecular flexibility index (Phi) is 4.74. The average Bonchev–Trinajstić information content (AvgIpc) is 2.41. The Hall–Kier alpha value is -1.61. The van der Waals surface area contributed by atoms with Gasteiger partial charge in [-0.05, 0) is 17.2 Å². The van der Waals surface area contributed by atoms with Crippen LogP contribution in [0.5, 0.6) is 0 Å². The van der Waals surface area contributed by atoms with Gasteiger partial charge in [0, 0.05) is 24.5 Å². The summed E-state index contributed by atoms with van der Waals surface area (Å²) in [6, 6.07) is 17.8. The van der Waals surface area contributed by atoms with Crippen molar-refractivity contribution in [3.8, 4) is 0 Å². The summed E-state index contributed by atoms with van der Waals surface area (Å²) < 4.78 is 1.01. The molecule has 0 bridgehead atoms. The fourth-order valence-electron chi connectivity index (χ4n) is 1.87. The van der Waals surface area contributed by atoms with Crippen LogP contribution in [0.15, 0.2) is 59.1 Å². The van der Waals surface area contributed by atoms with Gasteiger partial charge >= 0.3 is 0 Å². The van der Waals surface area contributed by atoms with Gasteiger partial charge in [0.05, 0.1) is 0 Å². The van der Waals surface area contributed by atoms with Crippen LogP contribution in [0.2, 0.25) is 0 Å². The average molecular weight is 317 g/mol. The molecule has 0 saturated heterocycles. The van der Waals surface area contributed by atoms with Crippen molar-refractivity contribution < 1.29 is 4.79 Å². The molecule has 0 atom stereocenters. The zero-order chi connectivity index (χ0) is 13.7. The molecule has 97 valence electrons. The van der Waals surface area contributed by atoms with E-state index in [1.165, 1.54) is 0 Å². The lowest BCUT2D eigenvalue weighted by molar-refractivity contribution is -0.127. The quantitative estimate of drug-likeness (QED) is 0.840. The summed E-state index contributed by atoms with van der Waals surface area (Å²) in [5.74, 6) is -0.167. The Morgan fingerprint density at radius 1 is 1.00 bits per heavy atom. The highest BCUT2D eigenvalue weighted by Gasteiger charge is 2.11. The molecule has 1 amide bonds. The fraction of sp³-hybridized carbons (Fsp3) is 0.125. The van der Waals surface area contributed by atoms with Crippen LogP contribution in [0.4, 0.5) is 0 Å². The van der Waals surface area contributed by atoms with Crippen molar-refractivity contribution in [2.24, 2.45) is 0 Å². The molecule has 0 spiro atoms. The molecule has 0 aromatic heterocycles. The zero-order valence-corrected chi connectivity index (χ0v) is 12.1. The van der Waals surface area contributed by atoms with E-state index in [0.29, 0.717) is 13.1 Å². The molecule has 0 aliphatic heterocycles. The van der Waals surface area contributed by atoms with Gasteiger partial charge in [0.2, 0.25) is 5.91 Å². The van der Waals surface area contributed by atoms with E-state index < -0.39 is 0 Å². The van der Waals surface area contributed by atoms with Crippen molar-refractivity contribution in [2.45, 2.75) is 13.1 Å². The van der Waals surface area contributed by atoms with E-state index in [4.69, 9.17) is 0 Å². The topological polar surface area (TPSA) is 20.3 Å². The van der Waals surface area contributed by atoms with Gasteiger partial charge in [0.1, 0.15) is 0 Å². The first-order valence-corrected chi connectivity index (χ1v) is 6.84. The Bertz CT molecular complexity index is 554. The molecule has 0 N–H and O–H groups in total. The van der Waals surface area contributed by atoms with E-state index in [2.05, 4.69) is 22.9 Å². The molecule has 1 radical (unpaired) electrons. The summed E-state index contributed by atoms with van der Waals surface area (Å²) >= 11 is 3.50. The number of carbonyl (C=O) groups excluding carboxylic acids is 1. The summed E-state index contributed by atoms with van der Waals surface area (Å²) in [5, 5.41) is 0. The molecular formula is C16H15BrNO. The third kappa shape index (κ3) is 3.93. The molecule has 19 heavy (non-hydrogen) atoms. The van der Waals surface area contributed by atoms with Crippen LogP contribution < -0.4 is 0 Å². The van der Waals surface area contributed by atoms with Crippen LogP contribution in [-0.2, 0) is 17.9 Å². The first-order chi connectivity index (χ1) is 9.16. The predicted octanol–water partition coefficient (Wildman–Crippen LogP) is 3.81. The smallest absolute Gasteiger partial charge is 0.223 e. The van der Waals surface area contributed by atoms with Crippen molar-refractivity contribution >= 4 is 21.8 Å². The highest BCUT2D eigenvalue weighted by Crippen LogP contribution is 2.19. The largest absolute Gasteiger partial charge is 0.334 e. The van der Waals surface area contributed by atoms with Gasteiger partial charge in [-0.2, -0.15) is 0 Å². The van der Waals surface area contributed by atoms with Gasteiger partial charge in [-0.3, -0.25) is 4.79 Å². The maximum absolute atomic E-state index is 11.7. The Morgan fingerprint density at radius 3 is 2.26 bits per heavy atom. The lowest BCUT2D eigenvalue weighted by Gasteiger charge is -2.21. The van der Waals surface area contributed by atoms with E-state index in [-0.39, 0.29) is 5.91 Å². The van der Waals surface area contributed by atoms with E-state index in [1.807, 2.05) is 54.6 Å². The number of halogens is 1. The third-order valence-corrected chi connectivity index (χ3v) is 3.66. The number of hydrogen-bond acceptors (Lipinski definition) is 1. The Morgan fingerprint density at radius 2 is 1.63 bits per heavy atom. The van der Waals surface area contributed by atoms with E-state index in [0.717, 1.165) is 15.6 Å². The molecular weight excluding hydrogens is 302 g/mol. The van der Waals surface area contributed by atoms with Crippen LogP contribution in [0, 0.1) is 6.92 Å². The van der Waals surface area contributed by atoms with E-state index in [9.17, 15) is 4.79 Å². The van der Waals surface area contributed by atoms with Crippen LogP contribution in [0.3, 0.4) is 0 Å². The van der Waals surface area contributed by atoms with Crippen molar-refractivity contribution in [3.05, 3.63) is 77.1 Å². The number of hydrogen-bond donors (Lipinski definition) is 0. The fourth-order valence-corrected chi connectivity index (χ4v) is 2.28. The first-order valence-electron chi connectivity index (χ1n) is 6.05. The van der Waals surface area contributed by atoms with Crippen LogP contribution >= 0.6 is 15.9 Å². The lowest BCUT2D eigenvalue weighted by atomic mass is 10.1. The standard InChI is InChI=1S/C16H15BrNO/c1-13(19)18(11-14-7-3-2-4-8-14)12-15-9-5-6-10-16(15)17/h2-10H,1,11-12H2. The zero-order valence-electron chi connectivity index (χ0n) is 10.6. The van der Waals surface area contributed by atoms with E-state index >= 15 is 0 Å². The van der Waals surface area contributed by atoms with Gasteiger partial charge in [0.15, 0.2) is 0 Å². The third-order valence-electron chi connectivity index (χ3n) is 2.89. The summed E-state index contributed by atoms with van der Waals surface area (Å²) in [7, 11) is 0. The van der Waals surface area contributed by atoms with Crippen molar-refractivity contribution in [1.29, 1.82) is 0 Å². The normalized spacial score (nSPS) is 10.2. The molecule has 2 aromatic rings. The SMILES string of the molecule is [CH2]C(=O)N(Cc1ccccc1)Cc1ccccc1Br. The second-order valence-corrected chi connectivity index (χ2v) is 5.18. The second-order valence-electron chi connectivity index (χ2n) is 4.33. The summed E-state index contributed by atoms with van der Waals surface area (Å²) in [6.45, 7) is 4.66. The minimum absolute atomic E-state index is 0.167. The summed E-state index contributed by atoms with van der Waals surface area (Å²) in [6.07, 6.45) is 0. The number of benzene rings is 2. The predicted molar refractivity (Wildman–Crippen MR) is 80.2 cm³/mol. The minimum atomic E-state index is -0.167. The maximum Gasteiger partial charge on any atom is 0.223 e. The summed E-state index contributed by atoms with van der Waals surface area (Å²) in [5.41, 5.74) is 2.18. The molecule has 2 aromatic carbocycles. The van der Waals surface area contributed by atoms with Gasteiger partial charge in [-0.25, -0.2) is 0 Å². The van der Waals surface area contributed by atoms with Crippen LogP contribution in [-0.4, -0.2) is 10.8 Å². The highest BCUT2D eigenvalue weighted by atomic mass is 79.9. The molecule has 0 aliphatic carbocycles. The second kappa shape index (κ2) is 6.53. The lowest BCUT2D eigenvalue weighted by Crippen LogP contribution is -2.28. The highest BCUT2D eigenvalue weighted by molar-refractivity contribution is 9.10. The molecule has 0 saturated carbocycles. The van der Waals surface area contributed by atoms with Crippen molar-refractivity contribution in [3.63, 3.8) is 0 Å². The number of carbonyl (C=O) groups is 1. The molecule has 0 fully saturated rings. The molecule has 0 unspecified atom stereocenters. The molecule has 0 aliphatic rings. The van der Waals surface area contributed by atoms with Gasteiger partial charge in [-0.15, -0.1) is 0 Å². The van der Waals surface area contributed by atoms with Crippen LogP contribution in [0.25, 0.3) is 0 Å². The molecule has 0 heterocycles. The summed E-state index contributed by atoms with van der Waals surface area (Å²) in [4.78, 5) is 13.4. The number of amides is 1. The van der Waals surface area contributed by atoms with Crippen molar-refractivity contribution in [1.82, 2.24) is 4.90 Å². The first kappa shape index (κ1) is 13.8. The molecule has 3 heteroatoms. The molecule has 2 nitrogen and oxygen atoms in total. The maximum atomic E-state index is 11.7. The minimum Gasteiger partial charge on any atom is -0.334 e. The van der Waals surface area contributed by atoms with Gasteiger partial charge in [-0.1, -0.05) is 64.5 Å². The monoisotopic (exact) mass is 316 g/mol. The Labute approximate surface area is 122 Å². The van der Waals surface area contributed by atoms with Gasteiger partial charge in [0.25, 0.3) is 0 Å². The van der Waals surface area contributed by atoms with Crippen LogP contribution in [0.1, 0.15) is 11.1 Å². The molecule has 2 rings (SSSR count). The van der Waals surface area contributed by atoms with Gasteiger partial charge < -0.3 is 4.90 Å². The van der Waals surface area contributed by atoms with E-state index in [1.54, 1.807) is 4.90 Å². The van der Waals surface area contributed by atoms with Crippen molar-refractivity contribution in [2.75, 3.05) is 0 Å². The Balaban J connectivity index is 2.13. The number of rotatable bonds is 4. The number of nitrogens with zero attached hydrogens (tertiary/aromatic N) is 1.